The molecule has 0 aliphatic carbocycles. The molecule has 0 saturated carbocycles. The summed E-state index contributed by atoms with van der Waals surface area (Å²) in [6, 6.07) is 12.0. The third-order valence-corrected chi connectivity index (χ3v) is 4.71. The second-order valence-electron chi connectivity index (χ2n) is 4.71. The molecule has 2 aromatic carbocycles. The molecule has 0 aliphatic rings. The van der Waals surface area contributed by atoms with E-state index in [-0.39, 0.29) is 4.90 Å². The zero-order chi connectivity index (χ0) is 15.5. The number of aryl methyl sites for hydroxylation is 1. The monoisotopic (exact) mass is 324 g/mol. The van der Waals surface area contributed by atoms with Crippen LogP contribution in [0, 0.1) is 6.92 Å². The smallest absolute Gasteiger partial charge is 0.261 e. The highest BCUT2D eigenvalue weighted by Crippen LogP contribution is 2.28. The van der Waals surface area contributed by atoms with Gasteiger partial charge in [0.25, 0.3) is 10.0 Å². The van der Waals surface area contributed by atoms with Crippen molar-refractivity contribution in [3.05, 3.63) is 58.6 Å². The van der Waals surface area contributed by atoms with E-state index in [2.05, 4.69) is 10.0 Å². The summed E-state index contributed by atoms with van der Waals surface area (Å²) in [4.78, 5) is 0.217. The molecule has 0 aromatic heterocycles. The fourth-order valence-corrected chi connectivity index (χ4v) is 3.53. The Morgan fingerprint density at radius 3 is 2.52 bits per heavy atom. The van der Waals surface area contributed by atoms with E-state index in [9.17, 15) is 8.42 Å². The largest absolute Gasteiger partial charge is 0.316 e. The number of nitrogens with one attached hydrogen (secondary N) is 2. The van der Waals surface area contributed by atoms with Crippen molar-refractivity contribution in [3.8, 4) is 0 Å². The minimum absolute atomic E-state index is 0.217. The van der Waals surface area contributed by atoms with Crippen LogP contribution in [0.3, 0.4) is 0 Å². The zero-order valence-electron chi connectivity index (χ0n) is 11.9. The van der Waals surface area contributed by atoms with E-state index in [0.717, 1.165) is 11.1 Å². The molecule has 2 N–H and O–H groups in total. The minimum Gasteiger partial charge on any atom is -0.316 e. The van der Waals surface area contributed by atoms with Crippen molar-refractivity contribution in [3.63, 3.8) is 0 Å². The van der Waals surface area contributed by atoms with Crippen molar-refractivity contribution in [2.75, 3.05) is 11.8 Å². The first-order valence-corrected chi connectivity index (χ1v) is 8.31. The van der Waals surface area contributed by atoms with Crippen molar-refractivity contribution in [2.45, 2.75) is 18.4 Å². The maximum absolute atomic E-state index is 12.5. The van der Waals surface area contributed by atoms with Crippen LogP contribution in [0.5, 0.6) is 0 Å². The molecular formula is C15H17ClN2O2S. The number of para-hydroxylation sites is 1. The molecular weight excluding hydrogens is 308 g/mol. The number of benzene rings is 2. The molecule has 0 saturated heterocycles. The lowest BCUT2D eigenvalue weighted by Gasteiger charge is -2.13. The van der Waals surface area contributed by atoms with Gasteiger partial charge in [0.1, 0.15) is 0 Å². The molecule has 0 spiro atoms. The summed E-state index contributed by atoms with van der Waals surface area (Å²) in [5.41, 5.74) is 2.09. The summed E-state index contributed by atoms with van der Waals surface area (Å²) >= 11 is 6.07. The molecule has 0 heterocycles. The highest BCUT2D eigenvalue weighted by atomic mass is 35.5. The minimum atomic E-state index is -3.66. The van der Waals surface area contributed by atoms with Gasteiger partial charge in [0.15, 0.2) is 0 Å². The topological polar surface area (TPSA) is 58.2 Å². The molecule has 6 heteroatoms. The average molecular weight is 325 g/mol. The van der Waals surface area contributed by atoms with Gasteiger partial charge in [-0.3, -0.25) is 4.72 Å². The molecule has 0 amide bonds. The Morgan fingerprint density at radius 1 is 1.14 bits per heavy atom. The lowest BCUT2D eigenvalue weighted by atomic mass is 10.2. The Kier molecular flexibility index (Phi) is 4.88. The Hall–Kier alpha value is -1.56. The Labute approximate surface area is 130 Å². The van der Waals surface area contributed by atoms with Crippen molar-refractivity contribution in [2.24, 2.45) is 0 Å². The molecule has 112 valence electrons. The Balaban J connectivity index is 2.36. The van der Waals surface area contributed by atoms with Crippen molar-refractivity contribution in [1.29, 1.82) is 0 Å². The quantitative estimate of drug-likeness (QED) is 0.888. The van der Waals surface area contributed by atoms with Crippen LogP contribution in [0.2, 0.25) is 5.02 Å². The Bertz CT molecular complexity index is 725. The first-order valence-electron chi connectivity index (χ1n) is 6.45. The van der Waals surface area contributed by atoms with E-state index in [0.29, 0.717) is 17.3 Å². The van der Waals surface area contributed by atoms with Crippen molar-refractivity contribution >= 4 is 27.3 Å². The summed E-state index contributed by atoms with van der Waals surface area (Å²) in [6.07, 6.45) is 0. The predicted octanol–water partition coefficient (Wildman–Crippen LogP) is 3.17. The van der Waals surface area contributed by atoms with Gasteiger partial charge in [-0.05, 0) is 43.3 Å². The molecule has 21 heavy (non-hydrogen) atoms. The van der Waals surface area contributed by atoms with E-state index >= 15 is 0 Å². The zero-order valence-corrected chi connectivity index (χ0v) is 13.4. The standard InChI is InChI=1S/C15H17ClN2O2S/c1-11-5-3-8-14(16)15(11)18-21(19,20)13-7-4-6-12(9-13)10-17-2/h3-9,17-18H,10H2,1-2H3. The normalized spacial score (nSPS) is 11.4. The third-order valence-electron chi connectivity index (χ3n) is 3.05. The van der Waals surface area contributed by atoms with Crippen LogP contribution in [0.25, 0.3) is 0 Å². The van der Waals surface area contributed by atoms with Crippen molar-refractivity contribution in [1.82, 2.24) is 5.32 Å². The van der Waals surface area contributed by atoms with Crippen LogP contribution >= 0.6 is 11.6 Å². The van der Waals surface area contributed by atoms with Gasteiger partial charge in [-0.25, -0.2) is 8.42 Å². The second-order valence-corrected chi connectivity index (χ2v) is 6.80. The van der Waals surface area contributed by atoms with Crippen LogP contribution in [-0.2, 0) is 16.6 Å². The van der Waals surface area contributed by atoms with Gasteiger partial charge in [-0.1, -0.05) is 35.9 Å². The van der Waals surface area contributed by atoms with Crippen molar-refractivity contribution < 1.29 is 8.42 Å². The molecule has 0 bridgehead atoms. The van der Waals surface area contributed by atoms with Gasteiger partial charge < -0.3 is 5.32 Å². The SMILES string of the molecule is CNCc1cccc(S(=O)(=O)Nc2c(C)cccc2Cl)c1. The molecule has 0 unspecified atom stereocenters. The number of sulfonamides is 1. The van der Waals surface area contributed by atoms with Crippen LogP contribution in [0.4, 0.5) is 5.69 Å². The molecule has 2 aromatic rings. The van der Waals surface area contributed by atoms with Gasteiger partial charge >= 0.3 is 0 Å². The highest BCUT2D eigenvalue weighted by molar-refractivity contribution is 7.92. The van der Waals surface area contributed by atoms with Gasteiger partial charge in [0.05, 0.1) is 15.6 Å². The fraction of sp³-hybridized carbons (Fsp3) is 0.200. The summed E-state index contributed by atoms with van der Waals surface area (Å²) in [5, 5.41) is 3.37. The maximum atomic E-state index is 12.5. The third kappa shape index (κ3) is 3.75. The second kappa shape index (κ2) is 6.47. The van der Waals surface area contributed by atoms with Crippen LogP contribution < -0.4 is 10.0 Å². The fourth-order valence-electron chi connectivity index (χ4n) is 1.98. The van der Waals surface area contributed by atoms with Gasteiger partial charge in [0.2, 0.25) is 0 Å². The maximum Gasteiger partial charge on any atom is 0.261 e. The first-order chi connectivity index (χ1) is 9.94. The number of halogens is 1. The lowest BCUT2D eigenvalue weighted by molar-refractivity contribution is 0.601. The average Bonchev–Trinajstić information content (AvgIpc) is 2.44. The summed E-state index contributed by atoms with van der Waals surface area (Å²) in [7, 11) is -1.85. The predicted molar refractivity (Wildman–Crippen MR) is 86.2 cm³/mol. The number of hydrogen-bond donors (Lipinski definition) is 2. The Morgan fingerprint density at radius 2 is 1.86 bits per heavy atom. The van der Waals surface area contributed by atoms with Crippen LogP contribution in [0.15, 0.2) is 47.4 Å². The lowest BCUT2D eigenvalue weighted by Crippen LogP contribution is -2.15. The molecule has 2 rings (SSSR count). The van der Waals surface area contributed by atoms with E-state index < -0.39 is 10.0 Å². The highest BCUT2D eigenvalue weighted by Gasteiger charge is 2.17. The van der Waals surface area contributed by atoms with E-state index in [4.69, 9.17) is 11.6 Å². The van der Waals surface area contributed by atoms with E-state index in [1.54, 1.807) is 43.3 Å². The van der Waals surface area contributed by atoms with Crippen LogP contribution in [-0.4, -0.2) is 15.5 Å². The summed E-state index contributed by atoms with van der Waals surface area (Å²) in [5.74, 6) is 0. The molecule has 0 radical (unpaired) electrons. The molecule has 0 fully saturated rings. The van der Waals surface area contributed by atoms with Crippen LogP contribution in [0.1, 0.15) is 11.1 Å². The summed E-state index contributed by atoms with van der Waals surface area (Å²) in [6.45, 7) is 2.41. The molecule has 4 nitrogen and oxygen atoms in total. The van der Waals surface area contributed by atoms with E-state index in [1.807, 2.05) is 13.1 Å². The number of rotatable bonds is 5. The summed E-state index contributed by atoms with van der Waals surface area (Å²) < 4.78 is 27.5. The molecule has 0 atom stereocenters. The number of hydrogen-bond acceptors (Lipinski definition) is 3. The number of anilines is 1. The van der Waals surface area contributed by atoms with Gasteiger partial charge in [-0.15, -0.1) is 0 Å². The molecule has 0 aliphatic heterocycles. The van der Waals surface area contributed by atoms with Gasteiger partial charge in [0, 0.05) is 6.54 Å². The van der Waals surface area contributed by atoms with Gasteiger partial charge in [-0.2, -0.15) is 0 Å². The first kappa shape index (κ1) is 15.8. The van der Waals surface area contributed by atoms with E-state index in [1.165, 1.54) is 0 Å².